The van der Waals surface area contributed by atoms with Crippen LogP contribution in [0.1, 0.15) is 35.6 Å². The topological polar surface area (TPSA) is 42.4 Å². The third-order valence-corrected chi connectivity index (χ3v) is 5.29. The first-order chi connectivity index (χ1) is 12.7. The fourth-order valence-corrected chi connectivity index (χ4v) is 3.74. The van der Waals surface area contributed by atoms with Crippen LogP contribution in [0.3, 0.4) is 0 Å². The lowest BCUT2D eigenvalue weighted by Gasteiger charge is -2.31. The molecule has 3 aromatic rings. The van der Waals surface area contributed by atoms with Gasteiger partial charge in [-0.3, -0.25) is 4.90 Å². The second-order valence-electron chi connectivity index (χ2n) is 7.34. The second kappa shape index (κ2) is 7.50. The zero-order chi connectivity index (χ0) is 17.9. The molecule has 3 heterocycles. The van der Waals surface area contributed by atoms with Crippen molar-refractivity contribution >= 4 is 0 Å². The molecule has 2 aromatic heterocycles. The number of rotatable bonds is 5. The van der Waals surface area contributed by atoms with Gasteiger partial charge in [-0.1, -0.05) is 30.3 Å². The van der Waals surface area contributed by atoms with Crippen LogP contribution < -0.4 is 0 Å². The Balaban J connectivity index is 1.34. The summed E-state index contributed by atoms with van der Waals surface area (Å²) in [5.74, 6) is 3.84. The van der Waals surface area contributed by atoms with Gasteiger partial charge in [0.05, 0.1) is 5.69 Å². The molecule has 0 unspecified atom stereocenters. The molecule has 4 nitrogen and oxygen atoms in total. The van der Waals surface area contributed by atoms with Crippen LogP contribution in [0.4, 0.5) is 0 Å². The number of nitrogens with zero attached hydrogens (tertiary/aromatic N) is 2. The van der Waals surface area contributed by atoms with Crippen LogP contribution >= 0.6 is 0 Å². The van der Waals surface area contributed by atoms with Crippen LogP contribution in [0, 0.1) is 19.8 Å². The Kier molecular flexibility index (Phi) is 4.93. The Morgan fingerprint density at radius 1 is 1.00 bits per heavy atom. The van der Waals surface area contributed by atoms with E-state index in [0.29, 0.717) is 11.7 Å². The molecule has 1 aliphatic heterocycles. The summed E-state index contributed by atoms with van der Waals surface area (Å²) in [4.78, 5) is 7.16. The average molecular weight is 350 g/mol. The molecule has 4 rings (SSSR count). The first-order valence-corrected chi connectivity index (χ1v) is 9.47. The minimum atomic E-state index is 0.588. The van der Waals surface area contributed by atoms with Crippen molar-refractivity contribution in [2.75, 3.05) is 13.1 Å². The lowest BCUT2D eigenvalue weighted by Crippen LogP contribution is -2.34. The van der Waals surface area contributed by atoms with Crippen molar-refractivity contribution in [2.24, 2.45) is 5.92 Å². The maximum Gasteiger partial charge on any atom is 0.263 e. The van der Waals surface area contributed by atoms with Crippen LogP contribution in [0.5, 0.6) is 0 Å². The molecule has 4 heteroatoms. The van der Waals surface area contributed by atoms with Gasteiger partial charge in [0.25, 0.3) is 5.89 Å². The van der Waals surface area contributed by atoms with Gasteiger partial charge in [-0.2, -0.15) is 0 Å². The van der Waals surface area contributed by atoms with E-state index in [1.54, 1.807) is 0 Å². The van der Waals surface area contributed by atoms with E-state index in [-0.39, 0.29) is 0 Å². The van der Waals surface area contributed by atoms with Gasteiger partial charge < -0.3 is 8.83 Å². The van der Waals surface area contributed by atoms with Crippen molar-refractivity contribution in [3.8, 4) is 11.7 Å². The summed E-state index contributed by atoms with van der Waals surface area (Å²) in [6, 6.07) is 14.7. The number of aryl methyl sites for hydroxylation is 2. The van der Waals surface area contributed by atoms with E-state index in [2.05, 4.69) is 40.2 Å². The molecule has 0 aliphatic carbocycles. The van der Waals surface area contributed by atoms with Crippen LogP contribution in [0.15, 0.2) is 51.3 Å². The molecule has 0 bridgehead atoms. The maximum absolute atomic E-state index is 5.82. The van der Waals surface area contributed by atoms with Crippen molar-refractivity contribution in [2.45, 2.75) is 39.7 Å². The molecule has 136 valence electrons. The van der Waals surface area contributed by atoms with Crippen molar-refractivity contribution in [3.05, 3.63) is 65.2 Å². The lowest BCUT2D eigenvalue weighted by molar-refractivity contribution is 0.175. The standard InChI is InChI=1S/C22H26N2O2/c1-16-8-9-21(25-16)22-23-20(17(2)26-22)15-24-12-10-19(11-13-24)14-18-6-4-3-5-7-18/h3-9,19H,10-15H2,1-2H3. The number of hydrogen-bond donors (Lipinski definition) is 0. The van der Waals surface area contributed by atoms with Crippen molar-refractivity contribution < 1.29 is 8.83 Å². The number of piperidine rings is 1. The normalized spacial score (nSPS) is 16.2. The molecule has 0 amide bonds. The number of hydrogen-bond acceptors (Lipinski definition) is 4. The van der Waals surface area contributed by atoms with Gasteiger partial charge in [-0.05, 0) is 69.8 Å². The first kappa shape index (κ1) is 17.1. The van der Waals surface area contributed by atoms with Crippen LogP contribution in [-0.2, 0) is 13.0 Å². The van der Waals surface area contributed by atoms with Crippen molar-refractivity contribution in [1.82, 2.24) is 9.88 Å². The molecule has 1 fully saturated rings. The summed E-state index contributed by atoms with van der Waals surface area (Å²) in [5.41, 5.74) is 2.48. The zero-order valence-electron chi connectivity index (χ0n) is 15.6. The average Bonchev–Trinajstić information content (AvgIpc) is 3.24. The number of benzene rings is 1. The third kappa shape index (κ3) is 3.91. The highest BCUT2D eigenvalue weighted by atomic mass is 16.4. The summed E-state index contributed by atoms with van der Waals surface area (Å²) in [6.07, 6.45) is 3.69. The highest BCUT2D eigenvalue weighted by Crippen LogP contribution is 2.26. The van der Waals surface area contributed by atoms with Crippen molar-refractivity contribution in [1.29, 1.82) is 0 Å². The molecule has 1 aliphatic rings. The Bertz CT molecular complexity index is 842. The van der Waals surface area contributed by atoms with Gasteiger partial charge >= 0.3 is 0 Å². The quantitative estimate of drug-likeness (QED) is 0.649. The van der Waals surface area contributed by atoms with Crippen LogP contribution in [0.25, 0.3) is 11.7 Å². The number of aromatic nitrogens is 1. The highest BCUT2D eigenvalue weighted by Gasteiger charge is 2.22. The van der Waals surface area contributed by atoms with E-state index in [1.807, 2.05) is 26.0 Å². The molecular formula is C22H26N2O2. The van der Waals surface area contributed by atoms with Crippen LogP contribution in [0.2, 0.25) is 0 Å². The predicted molar refractivity (Wildman–Crippen MR) is 102 cm³/mol. The maximum atomic E-state index is 5.82. The van der Waals surface area contributed by atoms with E-state index < -0.39 is 0 Å². The Morgan fingerprint density at radius 2 is 1.77 bits per heavy atom. The highest BCUT2D eigenvalue weighted by molar-refractivity contribution is 5.45. The minimum absolute atomic E-state index is 0.588. The number of likely N-dealkylation sites (tertiary alicyclic amines) is 1. The van der Waals surface area contributed by atoms with Gasteiger partial charge in [-0.15, -0.1) is 0 Å². The van der Waals surface area contributed by atoms with Gasteiger partial charge in [0.2, 0.25) is 0 Å². The molecule has 26 heavy (non-hydrogen) atoms. The smallest absolute Gasteiger partial charge is 0.263 e. The Hall–Kier alpha value is -2.33. The van der Waals surface area contributed by atoms with E-state index >= 15 is 0 Å². The van der Waals surface area contributed by atoms with Crippen LogP contribution in [-0.4, -0.2) is 23.0 Å². The molecule has 0 N–H and O–H groups in total. The predicted octanol–water partition coefficient (Wildman–Crippen LogP) is 5.01. The summed E-state index contributed by atoms with van der Waals surface area (Å²) < 4.78 is 11.5. The molecular weight excluding hydrogens is 324 g/mol. The summed E-state index contributed by atoms with van der Waals surface area (Å²) in [7, 11) is 0. The second-order valence-corrected chi connectivity index (χ2v) is 7.34. The molecule has 0 spiro atoms. The Morgan fingerprint density at radius 3 is 2.46 bits per heavy atom. The van der Waals surface area contributed by atoms with Crippen molar-refractivity contribution in [3.63, 3.8) is 0 Å². The van der Waals surface area contributed by atoms with E-state index in [1.165, 1.54) is 24.8 Å². The summed E-state index contributed by atoms with van der Waals surface area (Å²) in [6.45, 7) is 7.02. The number of oxazole rings is 1. The molecule has 1 saturated heterocycles. The molecule has 0 radical (unpaired) electrons. The summed E-state index contributed by atoms with van der Waals surface area (Å²) in [5, 5.41) is 0. The third-order valence-electron chi connectivity index (χ3n) is 5.29. The number of furan rings is 1. The van der Waals surface area contributed by atoms with E-state index in [4.69, 9.17) is 8.83 Å². The van der Waals surface area contributed by atoms with Gasteiger partial charge in [0.1, 0.15) is 11.5 Å². The fraction of sp³-hybridized carbons (Fsp3) is 0.409. The first-order valence-electron chi connectivity index (χ1n) is 9.47. The van der Waals surface area contributed by atoms with E-state index in [9.17, 15) is 0 Å². The minimum Gasteiger partial charge on any atom is -0.456 e. The monoisotopic (exact) mass is 350 g/mol. The summed E-state index contributed by atoms with van der Waals surface area (Å²) >= 11 is 0. The van der Waals surface area contributed by atoms with Gasteiger partial charge in [0.15, 0.2) is 5.76 Å². The lowest BCUT2D eigenvalue weighted by atomic mass is 9.90. The van der Waals surface area contributed by atoms with Gasteiger partial charge in [0, 0.05) is 6.54 Å². The molecule has 0 saturated carbocycles. The largest absolute Gasteiger partial charge is 0.456 e. The fourth-order valence-electron chi connectivity index (χ4n) is 3.74. The molecule has 1 aromatic carbocycles. The van der Waals surface area contributed by atoms with E-state index in [0.717, 1.165) is 42.8 Å². The SMILES string of the molecule is Cc1ccc(-c2nc(CN3CCC(Cc4ccccc4)CC3)c(C)o2)o1. The van der Waals surface area contributed by atoms with Gasteiger partial charge in [-0.25, -0.2) is 4.98 Å². The zero-order valence-corrected chi connectivity index (χ0v) is 15.6. The molecule has 0 atom stereocenters. The Labute approximate surface area is 154 Å².